The summed E-state index contributed by atoms with van der Waals surface area (Å²) < 4.78 is 0. The molecule has 0 aromatic carbocycles. The first-order chi connectivity index (χ1) is 11.2. The zero-order valence-electron chi connectivity index (χ0n) is 13.8. The number of nitrogens with zero attached hydrogens (tertiary/aromatic N) is 2. The van der Waals surface area contributed by atoms with Gasteiger partial charge < -0.3 is 15.5 Å². The topological polar surface area (TPSA) is 64.7 Å². The molecule has 6 heteroatoms. The predicted molar refractivity (Wildman–Crippen MR) is 86.9 cm³/mol. The molecule has 1 saturated heterocycles. The largest absolute Gasteiger partial charge is 0.352 e. The molecule has 23 heavy (non-hydrogen) atoms. The van der Waals surface area contributed by atoms with E-state index >= 15 is 0 Å². The number of hydrogen-bond donors (Lipinski definition) is 2. The van der Waals surface area contributed by atoms with Crippen molar-refractivity contribution in [1.82, 2.24) is 20.4 Å². The molecule has 4 rings (SSSR count). The minimum atomic E-state index is 0.107. The summed E-state index contributed by atoms with van der Waals surface area (Å²) in [6.07, 6.45) is 7.39. The van der Waals surface area contributed by atoms with Crippen molar-refractivity contribution in [3.8, 4) is 0 Å². The maximum Gasteiger partial charge on any atom is 0.317 e. The second-order valence-electron chi connectivity index (χ2n) is 7.76. The fourth-order valence-corrected chi connectivity index (χ4v) is 3.58. The minimum absolute atomic E-state index is 0.107. The SMILES string of the molecule is O=C(CN1CCN(C(=O)NC(C2CC2)C2CC2)CC1)NC1CC1. The van der Waals surface area contributed by atoms with Crippen LogP contribution < -0.4 is 10.6 Å². The molecule has 0 aromatic rings. The lowest BCUT2D eigenvalue weighted by Gasteiger charge is -2.35. The highest BCUT2D eigenvalue weighted by Gasteiger charge is 2.42. The van der Waals surface area contributed by atoms with E-state index in [0.29, 0.717) is 18.6 Å². The van der Waals surface area contributed by atoms with Gasteiger partial charge in [0.15, 0.2) is 0 Å². The van der Waals surface area contributed by atoms with Gasteiger partial charge in [-0.2, -0.15) is 0 Å². The van der Waals surface area contributed by atoms with Crippen LogP contribution in [0.25, 0.3) is 0 Å². The molecule has 0 bridgehead atoms. The number of carbonyl (C=O) groups is 2. The lowest BCUT2D eigenvalue weighted by Crippen LogP contribution is -2.55. The van der Waals surface area contributed by atoms with Crippen molar-refractivity contribution in [2.45, 2.75) is 50.6 Å². The van der Waals surface area contributed by atoms with Gasteiger partial charge in [0.2, 0.25) is 5.91 Å². The molecule has 4 aliphatic rings. The molecule has 3 aliphatic carbocycles. The van der Waals surface area contributed by atoms with Crippen LogP contribution in [-0.2, 0) is 4.79 Å². The Hall–Kier alpha value is -1.30. The number of urea groups is 1. The lowest BCUT2D eigenvalue weighted by molar-refractivity contribution is -0.122. The Balaban J connectivity index is 1.19. The van der Waals surface area contributed by atoms with Crippen LogP contribution in [0.4, 0.5) is 4.79 Å². The van der Waals surface area contributed by atoms with Gasteiger partial charge in [-0.25, -0.2) is 4.79 Å². The molecule has 128 valence electrons. The first-order valence-electron chi connectivity index (χ1n) is 9.26. The highest BCUT2D eigenvalue weighted by atomic mass is 16.2. The van der Waals surface area contributed by atoms with Crippen molar-refractivity contribution in [1.29, 1.82) is 0 Å². The van der Waals surface area contributed by atoms with E-state index in [2.05, 4.69) is 15.5 Å². The molecule has 0 spiro atoms. The van der Waals surface area contributed by atoms with Gasteiger partial charge in [0.05, 0.1) is 6.54 Å². The standard InChI is InChI=1S/C17H28N4O2/c22-15(18-14-5-6-14)11-20-7-9-21(10-8-20)17(23)19-16(12-1-2-12)13-3-4-13/h12-14,16H,1-11H2,(H,18,22)(H,19,23). The number of carbonyl (C=O) groups excluding carboxylic acids is 2. The van der Waals surface area contributed by atoms with Crippen LogP contribution in [0.3, 0.4) is 0 Å². The monoisotopic (exact) mass is 320 g/mol. The van der Waals surface area contributed by atoms with Crippen molar-refractivity contribution in [2.75, 3.05) is 32.7 Å². The van der Waals surface area contributed by atoms with E-state index in [-0.39, 0.29) is 11.9 Å². The van der Waals surface area contributed by atoms with Crippen LogP contribution in [0.5, 0.6) is 0 Å². The zero-order valence-corrected chi connectivity index (χ0v) is 13.8. The summed E-state index contributed by atoms with van der Waals surface area (Å²) in [6.45, 7) is 3.51. The zero-order chi connectivity index (χ0) is 15.8. The fraction of sp³-hybridized carbons (Fsp3) is 0.882. The van der Waals surface area contributed by atoms with Crippen LogP contribution in [0.1, 0.15) is 38.5 Å². The highest BCUT2D eigenvalue weighted by Crippen LogP contribution is 2.44. The summed E-state index contributed by atoms with van der Waals surface area (Å²) in [5.74, 6) is 1.60. The van der Waals surface area contributed by atoms with Crippen molar-refractivity contribution in [3.05, 3.63) is 0 Å². The summed E-state index contributed by atoms with van der Waals surface area (Å²) in [7, 11) is 0. The third-order valence-corrected chi connectivity index (χ3v) is 5.52. The number of nitrogens with one attached hydrogen (secondary N) is 2. The van der Waals surface area contributed by atoms with Gasteiger partial charge in [-0.15, -0.1) is 0 Å². The Bertz CT molecular complexity index is 451. The van der Waals surface area contributed by atoms with Crippen LogP contribution >= 0.6 is 0 Å². The predicted octanol–water partition coefficient (Wildman–Crippen LogP) is 0.781. The van der Waals surface area contributed by atoms with Gasteiger partial charge >= 0.3 is 6.03 Å². The first-order valence-corrected chi connectivity index (χ1v) is 9.26. The van der Waals surface area contributed by atoms with Gasteiger partial charge in [-0.1, -0.05) is 0 Å². The molecule has 3 amide bonds. The molecule has 0 aromatic heterocycles. The summed E-state index contributed by atoms with van der Waals surface area (Å²) in [6, 6.07) is 0.956. The Kier molecular flexibility index (Phi) is 4.18. The molecular formula is C17H28N4O2. The van der Waals surface area contributed by atoms with Crippen LogP contribution in [0.15, 0.2) is 0 Å². The van der Waals surface area contributed by atoms with E-state index in [4.69, 9.17) is 0 Å². The summed E-state index contributed by atoms with van der Waals surface area (Å²) >= 11 is 0. The van der Waals surface area contributed by atoms with Gasteiger partial charge in [0, 0.05) is 38.3 Å². The molecule has 1 heterocycles. The van der Waals surface area contributed by atoms with E-state index in [1.54, 1.807) is 0 Å². The quantitative estimate of drug-likeness (QED) is 0.760. The average molecular weight is 320 g/mol. The Labute approximate surface area is 137 Å². The Morgan fingerprint density at radius 3 is 2.04 bits per heavy atom. The van der Waals surface area contributed by atoms with E-state index < -0.39 is 0 Å². The van der Waals surface area contributed by atoms with E-state index in [1.807, 2.05) is 4.90 Å². The second kappa shape index (κ2) is 6.30. The Morgan fingerprint density at radius 2 is 1.52 bits per heavy atom. The maximum atomic E-state index is 12.5. The van der Waals surface area contributed by atoms with Crippen LogP contribution in [0, 0.1) is 11.8 Å². The molecule has 6 nitrogen and oxygen atoms in total. The van der Waals surface area contributed by atoms with Crippen molar-refractivity contribution >= 4 is 11.9 Å². The minimum Gasteiger partial charge on any atom is -0.352 e. The summed E-state index contributed by atoms with van der Waals surface area (Å²) in [5, 5.41) is 6.32. The molecule has 0 radical (unpaired) electrons. The molecule has 0 atom stereocenters. The molecule has 3 saturated carbocycles. The number of piperazine rings is 1. The molecule has 0 unspecified atom stereocenters. The third-order valence-electron chi connectivity index (χ3n) is 5.52. The van der Waals surface area contributed by atoms with E-state index in [9.17, 15) is 9.59 Å². The fourth-order valence-electron chi connectivity index (χ4n) is 3.58. The van der Waals surface area contributed by atoms with Gasteiger partial charge in [-0.05, 0) is 50.4 Å². The number of rotatable bonds is 6. The second-order valence-corrected chi connectivity index (χ2v) is 7.76. The van der Waals surface area contributed by atoms with Gasteiger partial charge in [0.1, 0.15) is 0 Å². The average Bonchev–Trinajstić information content (AvgIpc) is 3.37. The normalized spacial score (nSPS) is 25.5. The van der Waals surface area contributed by atoms with Crippen LogP contribution in [-0.4, -0.2) is 66.5 Å². The third kappa shape index (κ3) is 4.16. The maximum absolute atomic E-state index is 12.5. The van der Waals surface area contributed by atoms with Crippen molar-refractivity contribution in [2.24, 2.45) is 11.8 Å². The first kappa shape index (κ1) is 15.2. The molecule has 2 N–H and O–H groups in total. The van der Waals surface area contributed by atoms with E-state index in [1.165, 1.54) is 25.7 Å². The van der Waals surface area contributed by atoms with Crippen molar-refractivity contribution in [3.63, 3.8) is 0 Å². The van der Waals surface area contributed by atoms with Gasteiger partial charge in [-0.3, -0.25) is 9.69 Å². The molecule has 4 fully saturated rings. The molecular weight excluding hydrogens is 292 g/mol. The van der Waals surface area contributed by atoms with E-state index in [0.717, 1.165) is 50.9 Å². The summed E-state index contributed by atoms with van der Waals surface area (Å²) in [5.41, 5.74) is 0. The molecule has 1 aliphatic heterocycles. The Morgan fingerprint density at radius 1 is 0.913 bits per heavy atom. The number of hydrogen-bond acceptors (Lipinski definition) is 3. The summed E-state index contributed by atoms with van der Waals surface area (Å²) in [4.78, 5) is 28.4. The van der Waals surface area contributed by atoms with Gasteiger partial charge in [0.25, 0.3) is 0 Å². The van der Waals surface area contributed by atoms with Crippen LogP contribution in [0.2, 0.25) is 0 Å². The lowest BCUT2D eigenvalue weighted by atomic mass is 10.1. The number of amides is 3. The smallest absolute Gasteiger partial charge is 0.317 e. The van der Waals surface area contributed by atoms with Crippen molar-refractivity contribution < 1.29 is 9.59 Å². The highest BCUT2D eigenvalue weighted by molar-refractivity contribution is 5.78.